The minimum atomic E-state index is -0.685. The molecule has 3 aromatic rings. The van der Waals surface area contributed by atoms with Gasteiger partial charge in [0.1, 0.15) is 5.69 Å². The van der Waals surface area contributed by atoms with Gasteiger partial charge in [0.2, 0.25) is 0 Å². The first-order chi connectivity index (χ1) is 13.9. The number of nitrogens with two attached hydrogens (primary N) is 1. The predicted octanol–water partition coefficient (Wildman–Crippen LogP) is 3.11. The third kappa shape index (κ3) is 4.61. The molecule has 0 fully saturated rings. The van der Waals surface area contributed by atoms with Crippen LogP contribution in [0.5, 0.6) is 0 Å². The van der Waals surface area contributed by atoms with Gasteiger partial charge in [-0.2, -0.15) is 0 Å². The molecule has 0 spiro atoms. The van der Waals surface area contributed by atoms with E-state index < -0.39 is 16.4 Å². The number of H-pyrrole nitrogens is 1. The quantitative estimate of drug-likeness (QED) is 0.245. The van der Waals surface area contributed by atoms with Gasteiger partial charge in [-0.05, 0) is 18.6 Å². The van der Waals surface area contributed by atoms with Crippen molar-refractivity contribution in [2.75, 3.05) is 11.1 Å². The van der Waals surface area contributed by atoms with Crippen LogP contribution < -0.4 is 16.6 Å². The standard InChI is InChI=1S/C19H17N5O4S/c1-11-13(8-5-9-14(11)24(27)28)17(25)21-15-16(20)22-19(23-18(15)26)29-10-12-6-3-2-4-7-12/h2-9H,10H2,1H3,(H,21,25)(H3,20,22,23,26). The summed E-state index contributed by atoms with van der Waals surface area (Å²) in [5, 5.41) is 13.8. The maximum atomic E-state index is 12.5. The second-order valence-electron chi connectivity index (χ2n) is 6.07. The lowest BCUT2D eigenvalue weighted by Crippen LogP contribution is -2.23. The number of nitrogen functional groups attached to an aromatic ring is 1. The van der Waals surface area contributed by atoms with Gasteiger partial charge in [0, 0.05) is 22.9 Å². The van der Waals surface area contributed by atoms with Crippen LogP contribution in [0, 0.1) is 17.0 Å². The topological polar surface area (TPSA) is 144 Å². The van der Waals surface area contributed by atoms with E-state index in [1.54, 1.807) is 0 Å². The Morgan fingerprint density at radius 2 is 1.97 bits per heavy atom. The van der Waals surface area contributed by atoms with E-state index in [2.05, 4.69) is 15.3 Å². The van der Waals surface area contributed by atoms with E-state index in [0.29, 0.717) is 10.9 Å². The fraction of sp³-hybridized carbons (Fsp3) is 0.105. The van der Waals surface area contributed by atoms with Gasteiger partial charge < -0.3 is 11.1 Å². The van der Waals surface area contributed by atoms with E-state index >= 15 is 0 Å². The van der Waals surface area contributed by atoms with Crippen molar-refractivity contribution < 1.29 is 9.72 Å². The monoisotopic (exact) mass is 411 g/mol. The van der Waals surface area contributed by atoms with Crippen LogP contribution in [0.2, 0.25) is 0 Å². The van der Waals surface area contributed by atoms with Crippen LogP contribution in [0.4, 0.5) is 17.2 Å². The molecule has 0 unspecified atom stereocenters. The number of carbonyl (C=O) groups is 1. The van der Waals surface area contributed by atoms with Gasteiger partial charge in [-0.15, -0.1) is 0 Å². The summed E-state index contributed by atoms with van der Waals surface area (Å²) in [5.74, 6) is -0.238. The summed E-state index contributed by atoms with van der Waals surface area (Å²) < 4.78 is 0. The molecule has 0 saturated heterocycles. The molecule has 3 rings (SSSR count). The van der Waals surface area contributed by atoms with Crippen molar-refractivity contribution in [3.63, 3.8) is 0 Å². The normalized spacial score (nSPS) is 10.5. The number of thioether (sulfide) groups is 1. The summed E-state index contributed by atoms with van der Waals surface area (Å²) >= 11 is 1.30. The highest BCUT2D eigenvalue weighted by Crippen LogP contribution is 2.23. The molecular formula is C19H17N5O4S. The average molecular weight is 411 g/mol. The maximum absolute atomic E-state index is 12.5. The Bertz CT molecular complexity index is 1130. The summed E-state index contributed by atoms with van der Waals surface area (Å²) in [5.41, 5.74) is 6.18. The number of rotatable bonds is 6. The summed E-state index contributed by atoms with van der Waals surface area (Å²) in [6.45, 7) is 1.46. The van der Waals surface area contributed by atoms with Gasteiger partial charge in [-0.3, -0.25) is 24.7 Å². The fourth-order valence-corrected chi connectivity index (χ4v) is 3.46. The summed E-state index contributed by atoms with van der Waals surface area (Å²) in [4.78, 5) is 42.1. The Balaban J connectivity index is 1.80. The lowest BCUT2D eigenvalue weighted by molar-refractivity contribution is -0.385. The Morgan fingerprint density at radius 3 is 2.62 bits per heavy atom. The number of hydrogen-bond acceptors (Lipinski definition) is 7. The molecule has 2 aromatic carbocycles. The molecule has 0 saturated carbocycles. The number of nitro benzene ring substituents is 1. The van der Waals surface area contributed by atoms with Gasteiger partial charge in [0.15, 0.2) is 11.0 Å². The molecule has 4 N–H and O–H groups in total. The first kappa shape index (κ1) is 20.1. The molecule has 1 amide bonds. The van der Waals surface area contributed by atoms with Gasteiger partial charge in [-0.1, -0.05) is 48.2 Å². The Labute approximate surface area is 169 Å². The third-order valence-corrected chi connectivity index (χ3v) is 5.07. The van der Waals surface area contributed by atoms with Crippen LogP contribution in [0.25, 0.3) is 0 Å². The minimum absolute atomic E-state index is 0.0699. The number of benzene rings is 2. The van der Waals surface area contributed by atoms with Crippen LogP contribution in [0.3, 0.4) is 0 Å². The van der Waals surface area contributed by atoms with Crippen LogP contribution in [0.1, 0.15) is 21.5 Å². The van der Waals surface area contributed by atoms with Crippen LogP contribution in [-0.4, -0.2) is 20.8 Å². The van der Waals surface area contributed by atoms with Crippen molar-refractivity contribution in [2.24, 2.45) is 0 Å². The lowest BCUT2D eigenvalue weighted by Gasteiger charge is -2.10. The summed E-state index contributed by atoms with van der Waals surface area (Å²) in [6.07, 6.45) is 0. The van der Waals surface area contributed by atoms with Crippen LogP contribution in [0.15, 0.2) is 58.5 Å². The Kier molecular flexibility index (Phi) is 5.93. The molecule has 1 heterocycles. The van der Waals surface area contributed by atoms with Gasteiger partial charge >= 0.3 is 0 Å². The number of aromatic amines is 1. The number of carbonyl (C=O) groups excluding carboxylic acids is 1. The van der Waals surface area contributed by atoms with Crippen LogP contribution in [-0.2, 0) is 5.75 Å². The number of anilines is 2. The average Bonchev–Trinajstić information content (AvgIpc) is 2.69. The van der Waals surface area contributed by atoms with Crippen molar-refractivity contribution in [3.8, 4) is 0 Å². The number of nitro groups is 1. The zero-order valence-corrected chi connectivity index (χ0v) is 16.2. The van der Waals surface area contributed by atoms with Crippen LogP contribution >= 0.6 is 11.8 Å². The smallest absolute Gasteiger partial charge is 0.277 e. The molecule has 29 heavy (non-hydrogen) atoms. The highest BCUT2D eigenvalue weighted by molar-refractivity contribution is 7.98. The van der Waals surface area contributed by atoms with E-state index in [1.807, 2.05) is 30.3 Å². The first-order valence-corrected chi connectivity index (χ1v) is 9.47. The third-order valence-electron chi connectivity index (χ3n) is 4.13. The number of nitrogens with zero attached hydrogens (tertiary/aromatic N) is 2. The SMILES string of the molecule is Cc1c(C(=O)Nc2c(N)nc(SCc3ccccc3)[nH]c2=O)cccc1[N+](=O)[O-]. The van der Waals surface area contributed by atoms with Crippen molar-refractivity contribution >= 4 is 34.9 Å². The van der Waals surface area contributed by atoms with Gasteiger partial charge in [0.05, 0.1) is 4.92 Å². The summed E-state index contributed by atoms with van der Waals surface area (Å²) in [7, 11) is 0. The molecule has 10 heteroatoms. The molecule has 0 radical (unpaired) electrons. The van der Waals surface area contributed by atoms with E-state index in [-0.39, 0.29) is 28.3 Å². The first-order valence-electron chi connectivity index (χ1n) is 8.48. The Hall–Kier alpha value is -3.66. The van der Waals surface area contributed by atoms with E-state index in [9.17, 15) is 19.7 Å². The molecule has 0 bridgehead atoms. The highest BCUT2D eigenvalue weighted by atomic mass is 32.2. The molecule has 0 aliphatic rings. The molecule has 0 aliphatic carbocycles. The molecule has 1 aromatic heterocycles. The summed E-state index contributed by atoms with van der Waals surface area (Å²) in [6, 6.07) is 13.8. The molecular weight excluding hydrogens is 394 g/mol. The molecule has 9 nitrogen and oxygen atoms in total. The second kappa shape index (κ2) is 8.57. The Morgan fingerprint density at radius 1 is 1.24 bits per heavy atom. The number of amides is 1. The zero-order chi connectivity index (χ0) is 21.0. The zero-order valence-electron chi connectivity index (χ0n) is 15.3. The van der Waals surface area contributed by atoms with E-state index in [0.717, 1.165) is 5.56 Å². The number of hydrogen-bond donors (Lipinski definition) is 3. The lowest BCUT2D eigenvalue weighted by atomic mass is 10.1. The highest BCUT2D eigenvalue weighted by Gasteiger charge is 2.20. The fourth-order valence-electron chi connectivity index (χ4n) is 2.63. The molecule has 148 valence electrons. The van der Waals surface area contributed by atoms with Crippen molar-refractivity contribution in [2.45, 2.75) is 17.8 Å². The molecule has 0 atom stereocenters. The number of nitrogens with one attached hydrogen (secondary N) is 2. The van der Waals surface area contributed by atoms with Gasteiger partial charge in [0.25, 0.3) is 17.2 Å². The van der Waals surface area contributed by atoms with E-state index in [1.165, 1.54) is 36.9 Å². The second-order valence-corrected chi connectivity index (χ2v) is 7.03. The van der Waals surface area contributed by atoms with E-state index in [4.69, 9.17) is 5.73 Å². The maximum Gasteiger partial charge on any atom is 0.277 e. The molecule has 0 aliphatic heterocycles. The van der Waals surface area contributed by atoms with Crippen molar-refractivity contribution in [1.82, 2.24) is 9.97 Å². The largest absolute Gasteiger partial charge is 0.382 e. The minimum Gasteiger partial charge on any atom is -0.382 e. The van der Waals surface area contributed by atoms with Crippen molar-refractivity contribution in [3.05, 3.63) is 85.7 Å². The van der Waals surface area contributed by atoms with Gasteiger partial charge in [-0.25, -0.2) is 4.98 Å². The predicted molar refractivity (Wildman–Crippen MR) is 111 cm³/mol. The van der Waals surface area contributed by atoms with Crippen molar-refractivity contribution in [1.29, 1.82) is 0 Å². The number of aromatic nitrogens is 2.